The maximum absolute atomic E-state index is 11.5. The van der Waals surface area contributed by atoms with Gasteiger partial charge in [-0.3, -0.25) is 10.1 Å². The number of nitrogens with zero attached hydrogens (tertiary/aromatic N) is 2. The summed E-state index contributed by atoms with van der Waals surface area (Å²) in [5.74, 6) is 0. The van der Waals surface area contributed by atoms with Crippen LogP contribution in [-0.4, -0.2) is 28.6 Å². The van der Waals surface area contributed by atoms with Crippen LogP contribution in [-0.2, 0) is 4.74 Å². The topological polar surface area (TPSA) is 120 Å². The van der Waals surface area contributed by atoms with Gasteiger partial charge in [-0.25, -0.2) is 9.78 Å². The second kappa shape index (κ2) is 7.99. The van der Waals surface area contributed by atoms with Crippen LogP contribution >= 0.6 is 0 Å². The molecule has 140 valence electrons. The first-order valence-corrected chi connectivity index (χ1v) is 8.41. The second-order valence-corrected chi connectivity index (χ2v) is 7.17. The van der Waals surface area contributed by atoms with Crippen LogP contribution in [0.3, 0.4) is 0 Å². The Hall–Kier alpha value is -2.90. The van der Waals surface area contributed by atoms with Crippen LogP contribution in [0.5, 0.6) is 0 Å². The molecule has 0 radical (unpaired) electrons. The highest BCUT2D eigenvalue weighted by Crippen LogP contribution is 2.35. The predicted octanol–water partition coefficient (Wildman–Crippen LogP) is 3.85. The van der Waals surface area contributed by atoms with Crippen molar-refractivity contribution in [2.24, 2.45) is 11.1 Å². The van der Waals surface area contributed by atoms with Crippen LogP contribution < -0.4 is 11.1 Å². The number of rotatable bonds is 7. The van der Waals surface area contributed by atoms with Crippen molar-refractivity contribution in [3.05, 3.63) is 40.6 Å². The van der Waals surface area contributed by atoms with Crippen LogP contribution in [0.2, 0.25) is 0 Å². The number of hydrogen-bond acceptors (Lipinski definition) is 6. The van der Waals surface area contributed by atoms with Crippen LogP contribution in [0.15, 0.2) is 30.5 Å². The average molecular weight is 360 g/mol. The molecule has 1 atom stereocenters. The van der Waals surface area contributed by atoms with Crippen LogP contribution in [0.4, 0.5) is 16.2 Å². The fraction of sp³-hybridized carbons (Fsp3) is 0.444. The van der Waals surface area contributed by atoms with Gasteiger partial charge in [0, 0.05) is 11.4 Å². The number of carbonyl (C=O) groups excluding carboxylic acids is 1. The first-order chi connectivity index (χ1) is 12.2. The maximum Gasteiger partial charge on any atom is 0.404 e. The highest BCUT2D eigenvalue weighted by Gasteiger charge is 2.28. The third-order valence-electron chi connectivity index (χ3n) is 4.20. The van der Waals surface area contributed by atoms with Gasteiger partial charge in [0.1, 0.15) is 11.9 Å². The summed E-state index contributed by atoms with van der Waals surface area (Å²) in [6, 6.07) is 7.22. The SMILES string of the molecule is CC(C)(C)C(CCCOC(N)=O)Nc1c([N+](=O)[O-])cnc2ccccc12. The largest absolute Gasteiger partial charge is 0.450 e. The van der Waals surface area contributed by atoms with Gasteiger partial charge in [0.05, 0.1) is 17.0 Å². The lowest BCUT2D eigenvalue weighted by Gasteiger charge is -2.32. The minimum atomic E-state index is -0.805. The highest BCUT2D eigenvalue weighted by atomic mass is 16.6. The summed E-state index contributed by atoms with van der Waals surface area (Å²) in [5.41, 5.74) is 5.88. The molecule has 8 nitrogen and oxygen atoms in total. The monoisotopic (exact) mass is 360 g/mol. The molecule has 1 unspecified atom stereocenters. The molecule has 0 bridgehead atoms. The van der Waals surface area contributed by atoms with Gasteiger partial charge in [0.2, 0.25) is 0 Å². The number of nitrogens with one attached hydrogen (secondary N) is 1. The molecular weight excluding hydrogens is 336 g/mol. The summed E-state index contributed by atoms with van der Waals surface area (Å²) < 4.78 is 4.78. The quantitative estimate of drug-likeness (QED) is 0.439. The Morgan fingerprint density at radius 2 is 2.08 bits per heavy atom. The number of aromatic nitrogens is 1. The number of para-hydroxylation sites is 1. The molecule has 0 spiro atoms. The van der Waals surface area contributed by atoms with Crippen molar-refractivity contribution >= 4 is 28.4 Å². The van der Waals surface area contributed by atoms with E-state index < -0.39 is 11.0 Å². The zero-order valence-electron chi connectivity index (χ0n) is 15.2. The molecule has 2 aromatic rings. The summed E-state index contributed by atoms with van der Waals surface area (Å²) in [7, 11) is 0. The Bertz CT molecular complexity index is 801. The molecule has 0 aliphatic carbocycles. The molecule has 2 rings (SSSR count). The molecule has 0 aliphatic rings. The third-order valence-corrected chi connectivity index (χ3v) is 4.20. The first kappa shape index (κ1) is 19.4. The van der Waals surface area contributed by atoms with Crippen molar-refractivity contribution in [1.82, 2.24) is 4.98 Å². The van der Waals surface area contributed by atoms with E-state index in [0.29, 0.717) is 29.4 Å². The molecule has 0 fully saturated rings. The van der Waals surface area contributed by atoms with E-state index in [2.05, 4.69) is 31.1 Å². The average Bonchev–Trinajstić information content (AvgIpc) is 2.56. The minimum Gasteiger partial charge on any atom is -0.450 e. The van der Waals surface area contributed by atoms with E-state index in [4.69, 9.17) is 10.5 Å². The smallest absolute Gasteiger partial charge is 0.404 e. The van der Waals surface area contributed by atoms with Crippen LogP contribution in [0.25, 0.3) is 10.9 Å². The number of anilines is 1. The molecule has 3 N–H and O–H groups in total. The molecule has 0 aliphatic heterocycles. The number of pyridine rings is 1. The molecule has 1 heterocycles. The summed E-state index contributed by atoms with van der Waals surface area (Å²) in [4.78, 5) is 25.9. The Balaban J connectivity index is 2.33. The Morgan fingerprint density at radius 3 is 2.69 bits per heavy atom. The molecular formula is C18H24N4O4. The van der Waals surface area contributed by atoms with Crippen LogP contribution in [0.1, 0.15) is 33.6 Å². The summed E-state index contributed by atoms with van der Waals surface area (Å²) >= 11 is 0. The van der Waals surface area contributed by atoms with Crippen molar-refractivity contribution in [3.8, 4) is 0 Å². The van der Waals surface area contributed by atoms with E-state index in [0.717, 1.165) is 0 Å². The Kier molecular flexibility index (Phi) is 5.97. The Labute approximate surface area is 151 Å². The third kappa shape index (κ3) is 4.81. The molecule has 1 amide bonds. The van der Waals surface area contributed by atoms with Crippen molar-refractivity contribution in [2.75, 3.05) is 11.9 Å². The molecule has 0 saturated heterocycles. The summed E-state index contributed by atoms with van der Waals surface area (Å²) in [6.07, 6.45) is 1.72. The van der Waals surface area contributed by atoms with Crippen molar-refractivity contribution in [2.45, 2.75) is 39.7 Å². The standard InChI is InChI=1S/C18H24N4O4/c1-18(2,3)15(9-6-10-26-17(19)23)21-16-12-7-4-5-8-13(12)20-11-14(16)22(24)25/h4-5,7-8,11,15H,6,9-10H2,1-3H3,(H2,19,23)(H,20,21). The first-order valence-electron chi connectivity index (χ1n) is 8.41. The second-order valence-electron chi connectivity index (χ2n) is 7.17. The normalized spacial score (nSPS) is 12.6. The van der Waals surface area contributed by atoms with Gasteiger partial charge >= 0.3 is 11.8 Å². The predicted molar refractivity (Wildman–Crippen MR) is 100 cm³/mol. The van der Waals surface area contributed by atoms with Crippen LogP contribution in [0, 0.1) is 15.5 Å². The van der Waals surface area contributed by atoms with Gasteiger partial charge < -0.3 is 15.8 Å². The highest BCUT2D eigenvalue weighted by molar-refractivity contribution is 5.95. The van der Waals surface area contributed by atoms with Crippen molar-refractivity contribution in [3.63, 3.8) is 0 Å². The van der Waals surface area contributed by atoms with Gasteiger partial charge in [-0.15, -0.1) is 0 Å². The zero-order valence-corrected chi connectivity index (χ0v) is 15.2. The number of primary amides is 1. The molecule has 8 heteroatoms. The van der Waals surface area contributed by atoms with E-state index in [1.54, 1.807) is 0 Å². The molecule has 0 saturated carbocycles. The van der Waals surface area contributed by atoms with E-state index in [1.165, 1.54) is 6.20 Å². The number of fused-ring (bicyclic) bond motifs is 1. The molecule has 26 heavy (non-hydrogen) atoms. The minimum absolute atomic E-state index is 0.0636. The van der Waals surface area contributed by atoms with Gasteiger partial charge in [0.25, 0.3) is 0 Å². The summed E-state index contributed by atoms with van der Waals surface area (Å²) in [5, 5.41) is 15.5. The Morgan fingerprint density at radius 1 is 1.38 bits per heavy atom. The van der Waals surface area contributed by atoms with E-state index in [-0.39, 0.29) is 23.8 Å². The lowest BCUT2D eigenvalue weighted by molar-refractivity contribution is -0.384. The van der Waals surface area contributed by atoms with Crippen molar-refractivity contribution in [1.29, 1.82) is 0 Å². The maximum atomic E-state index is 11.5. The number of amides is 1. The van der Waals surface area contributed by atoms with Crippen molar-refractivity contribution < 1.29 is 14.5 Å². The van der Waals surface area contributed by atoms with Gasteiger partial charge in [-0.05, 0) is 24.3 Å². The number of carbonyl (C=O) groups is 1. The van der Waals surface area contributed by atoms with E-state index in [9.17, 15) is 14.9 Å². The lowest BCUT2D eigenvalue weighted by atomic mass is 9.83. The number of benzene rings is 1. The molecule has 1 aromatic carbocycles. The fourth-order valence-corrected chi connectivity index (χ4v) is 2.78. The lowest BCUT2D eigenvalue weighted by Crippen LogP contribution is -2.34. The number of ether oxygens (including phenoxy) is 1. The van der Waals surface area contributed by atoms with Gasteiger partial charge in [-0.1, -0.05) is 39.0 Å². The van der Waals surface area contributed by atoms with Gasteiger partial charge in [-0.2, -0.15) is 0 Å². The van der Waals surface area contributed by atoms with E-state index in [1.807, 2.05) is 24.3 Å². The molecule has 1 aromatic heterocycles. The number of nitrogens with two attached hydrogens (primary N) is 1. The number of hydrogen-bond donors (Lipinski definition) is 2. The zero-order chi connectivity index (χ0) is 19.3. The number of nitro groups is 1. The summed E-state index contributed by atoms with van der Waals surface area (Å²) in [6.45, 7) is 6.36. The van der Waals surface area contributed by atoms with Gasteiger partial charge in [0.15, 0.2) is 0 Å². The fourth-order valence-electron chi connectivity index (χ4n) is 2.78. The van der Waals surface area contributed by atoms with E-state index >= 15 is 0 Å².